The van der Waals surface area contributed by atoms with Crippen molar-refractivity contribution in [1.82, 2.24) is 4.31 Å². The molecule has 0 radical (unpaired) electrons. The van der Waals surface area contributed by atoms with Crippen LogP contribution in [0.4, 0.5) is 0 Å². The first kappa shape index (κ1) is 13.3. The van der Waals surface area contributed by atoms with E-state index in [4.69, 9.17) is 0 Å². The fourth-order valence-corrected chi connectivity index (χ4v) is 4.88. The molecule has 2 rings (SSSR count). The molecule has 1 unspecified atom stereocenters. The number of nitrogens with zero attached hydrogens (tertiary/aromatic N) is 1. The predicted molar refractivity (Wildman–Crippen MR) is 67.1 cm³/mol. The highest BCUT2D eigenvalue weighted by molar-refractivity contribution is 7.89. The Morgan fingerprint density at radius 1 is 1.24 bits per heavy atom. The topological polar surface area (TPSA) is 57.6 Å². The molecule has 0 amide bonds. The Kier molecular flexibility index (Phi) is 3.54. The van der Waals surface area contributed by atoms with Crippen molar-refractivity contribution < 1.29 is 13.5 Å². The summed E-state index contributed by atoms with van der Waals surface area (Å²) in [6.07, 6.45) is 3.46. The van der Waals surface area contributed by atoms with Crippen LogP contribution >= 0.6 is 0 Å². The van der Waals surface area contributed by atoms with E-state index in [1.807, 2.05) is 6.92 Å². The Bertz CT molecular complexity index is 371. The fourth-order valence-electron chi connectivity index (χ4n) is 2.93. The number of hydrogen-bond donors (Lipinski definition) is 1. The van der Waals surface area contributed by atoms with Crippen LogP contribution in [0.5, 0.6) is 0 Å². The summed E-state index contributed by atoms with van der Waals surface area (Å²) in [5.74, 6) is 1.08. The average Bonchev–Trinajstić information content (AvgIpc) is 2.45. The van der Waals surface area contributed by atoms with Gasteiger partial charge in [-0.25, -0.2) is 8.42 Å². The van der Waals surface area contributed by atoms with Crippen molar-refractivity contribution in [2.45, 2.75) is 45.1 Å². The van der Waals surface area contributed by atoms with Gasteiger partial charge in [-0.15, -0.1) is 0 Å². The molecule has 4 nitrogen and oxygen atoms in total. The lowest BCUT2D eigenvalue weighted by molar-refractivity contribution is -0.0200. The summed E-state index contributed by atoms with van der Waals surface area (Å²) in [7, 11) is -3.11. The molecule has 0 aromatic heterocycles. The first-order valence-corrected chi connectivity index (χ1v) is 8.12. The number of aliphatic hydroxyl groups is 1. The number of β-amino-alcohol motifs (C(OH)–C–C–N with tert-alkyl or cyclic N) is 1. The van der Waals surface area contributed by atoms with Crippen molar-refractivity contribution in [1.29, 1.82) is 0 Å². The molecular formula is C12H23NO3S. The van der Waals surface area contributed by atoms with Crippen LogP contribution in [0, 0.1) is 11.8 Å². The third kappa shape index (κ3) is 3.01. The van der Waals surface area contributed by atoms with E-state index in [0.717, 1.165) is 25.7 Å². The summed E-state index contributed by atoms with van der Waals surface area (Å²) in [6.45, 7) is 5.01. The molecule has 1 saturated carbocycles. The SMILES string of the molecule is CC1CCC(O)(CN2CC(C)CS2(=O)=O)CC1. The van der Waals surface area contributed by atoms with E-state index in [0.29, 0.717) is 19.0 Å². The van der Waals surface area contributed by atoms with Crippen molar-refractivity contribution in [3.05, 3.63) is 0 Å². The highest BCUT2D eigenvalue weighted by atomic mass is 32.2. The lowest BCUT2D eigenvalue weighted by Gasteiger charge is -2.37. The van der Waals surface area contributed by atoms with Crippen LogP contribution < -0.4 is 0 Å². The van der Waals surface area contributed by atoms with Gasteiger partial charge in [-0.05, 0) is 37.5 Å². The minimum absolute atomic E-state index is 0.186. The van der Waals surface area contributed by atoms with Gasteiger partial charge in [-0.2, -0.15) is 4.31 Å². The zero-order valence-corrected chi connectivity index (χ0v) is 11.5. The Hall–Kier alpha value is -0.130. The lowest BCUT2D eigenvalue weighted by atomic mass is 9.79. The first-order valence-electron chi connectivity index (χ1n) is 6.51. The molecule has 100 valence electrons. The number of hydrogen-bond acceptors (Lipinski definition) is 3. The van der Waals surface area contributed by atoms with Crippen LogP contribution in [-0.2, 0) is 10.0 Å². The van der Waals surface area contributed by atoms with Crippen LogP contribution in [0.1, 0.15) is 39.5 Å². The van der Waals surface area contributed by atoms with E-state index in [2.05, 4.69) is 6.92 Å². The second kappa shape index (κ2) is 4.52. The Balaban J connectivity index is 2.01. The van der Waals surface area contributed by atoms with Crippen LogP contribution in [0.3, 0.4) is 0 Å². The van der Waals surface area contributed by atoms with Crippen LogP contribution in [0.2, 0.25) is 0 Å². The van der Waals surface area contributed by atoms with Gasteiger partial charge in [0, 0.05) is 13.1 Å². The molecule has 1 N–H and O–H groups in total. The molecule has 0 bridgehead atoms. The lowest BCUT2D eigenvalue weighted by Crippen LogP contribution is -2.46. The quantitative estimate of drug-likeness (QED) is 0.813. The molecule has 17 heavy (non-hydrogen) atoms. The minimum Gasteiger partial charge on any atom is -0.389 e. The molecule has 0 aromatic carbocycles. The first-order chi connectivity index (χ1) is 7.81. The van der Waals surface area contributed by atoms with Crippen LogP contribution in [-0.4, -0.2) is 42.3 Å². The number of rotatable bonds is 2. The van der Waals surface area contributed by atoms with Gasteiger partial charge >= 0.3 is 0 Å². The largest absolute Gasteiger partial charge is 0.389 e. The Labute approximate surface area is 104 Å². The van der Waals surface area contributed by atoms with Gasteiger partial charge < -0.3 is 5.11 Å². The summed E-state index contributed by atoms with van der Waals surface area (Å²) >= 11 is 0. The average molecular weight is 261 g/mol. The highest BCUT2D eigenvalue weighted by Gasteiger charge is 2.40. The van der Waals surface area contributed by atoms with Crippen molar-refractivity contribution in [3.63, 3.8) is 0 Å². The van der Waals surface area contributed by atoms with Gasteiger partial charge in [0.1, 0.15) is 0 Å². The van der Waals surface area contributed by atoms with Crippen LogP contribution in [0.15, 0.2) is 0 Å². The van der Waals surface area contributed by atoms with E-state index in [1.165, 1.54) is 4.31 Å². The summed E-state index contributed by atoms with van der Waals surface area (Å²) in [5, 5.41) is 10.5. The molecule has 1 heterocycles. The minimum atomic E-state index is -3.11. The van der Waals surface area contributed by atoms with Gasteiger partial charge in [0.2, 0.25) is 10.0 Å². The molecule has 1 aliphatic heterocycles. The molecule has 2 aliphatic rings. The van der Waals surface area contributed by atoms with Crippen molar-refractivity contribution >= 4 is 10.0 Å². The molecule has 2 fully saturated rings. The molecule has 0 spiro atoms. The summed E-state index contributed by atoms with van der Waals surface area (Å²) in [6, 6.07) is 0. The molecule has 0 aromatic rings. The van der Waals surface area contributed by atoms with Gasteiger partial charge in [-0.1, -0.05) is 13.8 Å². The van der Waals surface area contributed by atoms with Crippen molar-refractivity contribution in [2.75, 3.05) is 18.8 Å². The van der Waals surface area contributed by atoms with Crippen molar-refractivity contribution in [3.8, 4) is 0 Å². The second-order valence-electron chi connectivity index (χ2n) is 6.08. The van der Waals surface area contributed by atoms with E-state index < -0.39 is 15.6 Å². The van der Waals surface area contributed by atoms with Gasteiger partial charge in [0.15, 0.2) is 0 Å². The summed E-state index contributed by atoms with van der Waals surface area (Å²) in [5.41, 5.74) is -0.788. The maximum absolute atomic E-state index is 11.9. The Morgan fingerprint density at radius 3 is 2.29 bits per heavy atom. The van der Waals surface area contributed by atoms with Gasteiger partial charge in [0.25, 0.3) is 0 Å². The van der Waals surface area contributed by atoms with E-state index in [9.17, 15) is 13.5 Å². The fraction of sp³-hybridized carbons (Fsp3) is 1.00. The molecule has 5 heteroatoms. The third-order valence-electron chi connectivity index (χ3n) is 4.08. The van der Waals surface area contributed by atoms with E-state index in [1.54, 1.807) is 0 Å². The predicted octanol–water partition coefficient (Wildman–Crippen LogP) is 1.21. The number of sulfonamides is 1. The van der Waals surface area contributed by atoms with Gasteiger partial charge in [0.05, 0.1) is 11.4 Å². The van der Waals surface area contributed by atoms with E-state index in [-0.39, 0.29) is 11.7 Å². The normalized spacial score (nSPS) is 42.8. The standard InChI is InChI=1S/C12H23NO3S/c1-10-3-5-12(14,6-4-10)9-13-7-11(2)8-17(13,15)16/h10-11,14H,3-9H2,1-2H3. The smallest absolute Gasteiger partial charge is 0.214 e. The van der Waals surface area contributed by atoms with Crippen molar-refractivity contribution in [2.24, 2.45) is 11.8 Å². The summed E-state index contributed by atoms with van der Waals surface area (Å²) in [4.78, 5) is 0. The molecule has 1 atom stereocenters. The van der Waals surface area contributed by atoms with Crippen LogP contribution in [0.25, 0.3) is 0 Å². The second-order valence-corrected chi connectivity index (χ2v) is 8.10. The third-order valence-corrected chi connectivity index (χ3v) is 6.13. The molecular weight excluding hydrogens is 238 g/mol. The summed E-state index contributed by atoms with van der Waals surface area (Å²) < 4.78 is 25.2. The molecule has 1 aliphatic carbocycles. The Morgan fingerprint density at radius 2 is 1.82 bits per heavy atom. The zero-order chi connectivity index (χ0) is 12.7. The zero-order valence-electron chi connectivity index (χ0n) is 10.7. The highest BCUT2D eigenvalue weighted by Crippen LogP contribution is 2.34. The maximum Gasteiger partial charge on any atom is 0.214 e. The molecule has 1 saturated heterocycles. The monoisotopic (exact) mass is 261 g/mol. The van der Waals surface area contributed by atoms with Gasteiger partial charge in [-0.3, -0.25) is 0 Å². The van der Waals surface area contributed by atoms with E-state index >= 15 is 0 Å². The maximum atomic E-state index is 11.9.